The smallest absolute Gasteiger partial charge is 0.338 e. The summed E-state index contributed by atoms with van der Waals surface area (Å²) in [7, 11) is 1.56. The molecule has 0 unspecified atom stereocenters. The van der Waals surface area contributed by atoms with E-state index < -0.39 is 17.6 Å². The standard InChI is InChI=1S/C20H17F2NO4S/c1-3-26-17-7-5-12(9-18(17)25-2)19-23-14(11-28-19)10-27-20(24)13-4-6-15(21)16(22)8-13/h4-9,11H,3,10H2,1-2H3. The minimum Gasteiger partial charge on any atom is -0.493 e. The summed E-state index contributed by atoms with van der Waals surface area (Å²) in [6.45, 7) is 2.34. The Kier molecular flexibility index (Phi) is 6.20. The second-order valence-electron chi connectivity index (χ2n) is 5.65. The van der Waals surface area contributed by atoms with Crippen LogP contribution >= 0.6 is 11.3 Å². The second-order valence-corrected chi connectivity index (χ2v) is 6.51. The minimum absolute atomic E-state index is 0.0643. The van der Waals surface area contributed by atoms with Gasteiger partial charge in [-0.1, -0.05) is 0 Å². The van der Waals surface area contributed by atoms with E-state index in [1.807, 2.05) is 25.1 Å². The maximum absolute atomic E-state index is 13.2. The lowest BCUT2D eigenvalue weighted by molar-refractivity contribution is 0.0468. The van der Waals surface area contributed by atoms with Gasteiger partial charge in [-0.25, -0.2) is 18.6 Å². The normalized spacial score (nSPS) is 10.6. The number of aromatic nitrogens is 1. The summed E-state index contributed by atoms with van der Waals surface area (Å²) in [6.07, 6.45) is 0. The van der Waals surface area contributed by atoms with Crippen LogP contribution in [0.15, 0.2) is 41.8 Å². The number of halogens is 2. The molecule has 146 valence electrons. The number of methoxy groups -OCH3 is 1. The van der Waals surface area contributed by atoms with E-state index in [0.29, 0.717) is 23.8 Å². The number of esters is 1. The Bertz CT molecular complexity index is 990. The fourth-order valence-corrected chi connectivity index (χ4v) is 3.23. The molecule has 0 radical (unpaired) electrons. The first-order chi connectivity index (χ1) is 13.5. The maximum atomic E-state index is 13.2. The minimum atomic E-state index is -1.10. The number of hydrogen-bond acceptors (Lipinski definition) is 6. The molecule has 5 nitrogen and oxygen atoms in total. The predicted octanol–water partition coefficient (Wildman–Crippen LogP) is 4.85. The van der Waals surface area contributed by atoms with Gasteiger partial charge in [0.2, 0.25) is 0 Å². The molecule has 3 rings (SSSR count). The number of rotatable bonds is 7. The molecule has 0 spiro atoms. The third kappa shape index (κ3) is 4.45. The Labute approximate surface area is 164 Å². The molecule has 0 saturated heterocycles. The van der Waals surface area contributed by atoms with Gasteiger partial charge in [-0.3, -0.25) is 0 Å². The lowest BCUT2D eigenvalue weighted by Gasteiger charge is -2.09. The van der Waals surface area contributed by atoms with Crippen molar-refractivity contribution < 1.29 is 27.8 Å². The molecule has 3 aromatic rings. The Morgan fingerprint density at radius 1 is 1.11 bits per heavy atom. The molecule has 28 heavy (non-hydrogen) atoms. The Balaban J connectivity index is 1.68. The van der Waals surface area contributed by atoms with Crippen molar-refractivity contribution in [2.75, 3.05) is 13.7 Å². The van der Waals surface area contributed by atoms with Crippen LogP contribution in [0.2, 0.25) is 0 Å². The van der Waals surface area contributed by atoms with Gasteiger partial charge in [-0.05, 0) is 43.3 Å². The summed E-state index contributed by atoms with van der Waals surface area (Å²) in [5, 5.41) is 2.48. The van der Waals surface area contributed by atoms with Crippen LogP contribution in [0.1, 0.15) is 23.0 Å². The highest BCUT2D eigenvalue weighted by Gasteiger charge is 2.13. The molecule has 2 aromatic carbocycles. The van der Waals surface area contributed by atoms with Gasteiger partial charge in [0.25, 0.3) is 0 Å². The van der Waals surface area contributed by atoms with E-state index in [2.05, 4.69) is 4.98 Å². The fourth-order valence-electron chi connectivity index (χ4n) is 2.43. The zero-order valence-electron chi connectivity index (χ0n) is 15.2. The number of carbonyl (C=O) groups excluding carboxylic acids is 1. The van der Waals surface area contributed by atoms with E-state index in [0.717, 1.165) is 22.7 Å². The number of thiazole rings is 1. The van der Waals surface area contributed by atoms with Gasteiger partial charge in [0.1, 0.15) is 11.6 Å². The van der Waals surface area contributed by atoms with Crippen LogP contribution in [0.3, 0.4) is 0 Å². The van der Waals surface area contributed by atoms with E-state index in [1.54, 1.807) is 12.5 Å². The fraction of sp³-hybridized carbons (Fsp3) is 0.200. The summed E-state index contributed by atoms with van der Waals surface area (Å²) in [5.74, 6) is -1.63. The number of ether oxygens (including phenoxy) is 3. The molecule has 0 aliphatic rings. The SMILES string of the molecule is CCOc1ccc(-c2nc(COC(=O)c3ccc(F)c(F)c3)cs2)cc1OC. The van der Waals surface area contributed by atoms with Crippen LogP contribution in [0.25, 0.3) is 10.6 Å². The van der Waals surface area contributed by atoms with Gasteiger partial charge in [-0.2, -0.15) is 0 Å². The van der Waals surface area contributed by atoms with Crippen LogP contribution in [0, 0.1) is 11.6 Å². The topological polar surface area (TPSA) is 57.7 Å². The number of hydrogen-bond donors (Lipinski definition) is 0. The molecule has 0 atom stereocenters. The predicted molar refractivity (Wildman–Crippen MR) is 101 cm³/mol. The number of nitrogens with zero attached hydrogens (tertiary/aromatic N) is 1. The van der Waals surface area contributed by atoms with Crippen LogP contribution in [-0.4, -0.2) is 24.7 Å². The van der Waals surface area contributed by atoms with E-state index >= 15 is 0 Å². The Morgan fingerprint density at radius 2 is 1.93 bits per heavy atom. The van der Waals surface area contributed by atoms with Gasteiger partial charge < -0.3 is 14.2 Å². The van der Waals surface area contributed by atoms with Crippen LogP contribution in [0.4, 0.5) is 8.78 Å². The van der Waals surface area contributed by atoms with Crippen LogP contribution < -0.4 is 9.47 Å². The van der Waals surface area contributed by atoms with E-state index in [-0.39, 0.29) is 12.2 Å². The van der Waals surface area contributed by atoms with Crippen molar-refractivity contribution in [3.05, 3.63) is 64.7 Å². The first-order valence-corrected chi connectivity index (χ1v) is 9.27. The third-order valence-corrected chi connectivity index (χ3v) is 4.71. The Hall–Kier alpha value is -3.00. The molecule has 0 bridgehead atoms. The number of benzene rings is 2. The lowest BCUT2D eigenvalue weighted by atomic mass is 10.2. The molecular formula is C20H17F2NO4S. The average molecular weight is 405 g/mol. The molecule has 0 saturated carbocycles. The highest BCUT2D eigenvalue weighted by atomic mass is 32.1. The molecule has 8 heteroatoms. The zero-order chi connectivity index (χ0) is 20.1. The summed E-state index contributed by atoms with van der Waals surface area (Å²) in [5.41, 5.74) is 1.32. The molecule has 0 fully saturated rings. The molecule has 0 N–H and O–H groups in total. The van der Waals surface area contributed by atoms with Gasteiger partial charge in [0.15, 0.2) is 23.1 Å². The van der Waals surface area contributed by atoms with Gasteiger partial charge >= 0.3 is 5.97 Å². The van der Waals surface area contributed by atoms with E-state index in [9.17, 15) is 13.6 Å². The molecular weight excluding hydrogens is 388 g/mol. The summed E-state index contributed by atoms with van der Waals surface area (Å²) in [4.78, 5) is 16.4. The maximum Gasteiger partial charge on any atom is 0.338 e. The molecule has 1 heterocycles. The highest BCUT2D eigenvalue weighted by molar-refractivity contribution is 7.13. The van der Waals surface area contributed by atoms with Crippen molar-refractivity contribution in [1.82, 2.24) is 4.98 Å². The van der Waals surface area contributed by atoms with Crippen molar-refractivity contribution in [3.8, 4) is 22.1 Å². The monoisotopic (exact) mass is 405 g/mol. The second kappa shape index (κ2) is 8.79. The molecule has 0 aliphatic carbocycles. The molecule has 0 amide bonds. The van der Waals surface area contributed by atoms with Crippen LogP contribution in [0.5, 0.6) is 11.5 Å². The van der Waals surface area contributed by atoms with Crippen molar-refractivity contribution in [2.45, 2.75) is 13.5 Å². The van der Waals surface area contributed by atoms with Crippen molar-refractivity contribution in [1.29, 1.82) is 0 Å². The van der Waals surface area contributed by atoms with E-state index in [4.69, 9.17) is 14.2 Å². The Morgan fingerprint density at radius 3 is 2.64 bits per heavy atom. The van der Waals surface area contributed by atoms with Crippen molar-refractivity contribution in [2.24, 2.45) is 0 Å². The molecule has 1 aromatic heterocycles. The van der Waals surface area contributed by atoms with E-state index in [1.165, 1.54) is 17.4 Å². The summed E-state index contributed by atoms with van der Waals surface area (Å²) < 4.78 is 42.1. The first-order valence-electron chi connectivity index (χ1n) is 8.39. The van der Waals surface area contributed by atoms with Gasteiger partial charge in [0.05, 0.1) is 25.0 Å². The first kappa shape index (κ1) is 19.8. The third-order valence-electron chi connectivity index (χ3n) is 3.77. The quantitative estimate of drug-likeness (QED) is 0.526. The number of carbonyl (C=O) groups is 1. The highest BCUT2D eigenvalue weighted by Crippen LogP contribution is 2.33. The van der Waals surface area contributed by atoms with Gasteiger partial charge in [-0.15, -0.1) is 11.3 Å². The average Bonchev–Trinajstić information content (AvgIpc) is 3.18. The molecule has 0 aliphatic heterocycles. The van der Waals surface area contributed by atoms with Crippen molar-refractivity contribution >= 4 is 17.3 Å². The lowest BCUT2D eigenvalue weighted by Crippen LogP contribution is -2.06. The van der Waals surface area contributed by atoms with Crippen molar-refractivity contribution in [3.63, 3.8) is 0 Å². The zero-order valence-corrected chi connectivity index (χ0v) is 16.0. The van der Waals surface area contributed by atoms with Gasteiger partial charge in [0, 0.05) is 10.9 Å². The summed E-state index contributed by atoms with van der Waals surface area (Å²) >= 11 is 1.38. The van der Waals surface area contributed by atoms with Crippen LogP contribution in [-0.2, 0) is 11.3 Å². The largest absolute Gasteiger partial charge is 0.493 e. The summed E-state index contributed by atoms with van der Waals surface area (Å²) in [6, 6.07) is 8.34.